The average Bonchev–Trinajstić information content (AvgIpc) is 2.57. The molecule has 1 aromatic carbocycles. The monoisotopic (exact) mass is 332 g/mol. The van der Waals surface area contributed by atoms with Crippen molar-refractivity contribution in [2.75, 3.05) is 20.1 Å². The molecule has 130 valence electrons. The van der Waals surface area contributed by atoms with Crippen molar-refractivity contribution in [2.24, 2.45) is 5.92 Å². The van der Waals surface area contributed by atoms with Crippen molar-refractivity contribution in [1.82, 2.24) is 21.1 Å². The summed E-state index contributed by atoms with van der Waals surface area (Å²) >= 11 is 0. The highest BCUT2D eigenvalue weighted by Crippen LogP contribution is 2.20. The maximum atomic E-state index is 12.7. The molecule has 1 aliphatic heterocycles. The number of hydrogen-bond donors (Lipinski definition) is 3. The highest BCUT2D eigenvalue weighted by Gasteiger charge is 2.29. The van der Waals surface area contributed by atoms with Gasteiger partial charge < -0.3 is 10.2 Å². The van der Waals surface area contributed by atoms with Crippen LogP contribution in [0.25, 0.3) is 0 Å². The van der Waals surface area contributed by atoms with Gasteiger partial charge in [0.05, 0.1) is 5.92 Å². The van der Waals surface area contributed by atoms with Crippen LogP contribution >= 0.6 is 0 Å². The lowest BCUT2D eigenvalue weighted by molar-refractivity contribution is -0.127. The standard InChI is InChI=1S/C17H24N4O3/c1-11-7-12(2)9-14(8-11)16(23)21-6-4-5-13(10-21)15(22)19-20-17(24)18-3/h7-9,13H,4-6,10H2,1-3H3,(H,19,22)(H2,18,20,24). The number of amides is 4. The quantitative estimate of drug-likeness (QED) is 0.709. The lowest BCUT2D eigenvalue weighted by atomic mass is 9.96. The number of nitrogens with zero attached hydrogens (tertiary/aromatic N) is 1. The minimum absolute atomic E-state index is 0.0569. The molecule has 0 bridgehead atoms. The number of carbonyl (C=O) groups excluding carboxylic acids is 3. The third kappa shape index (κ3) is 4.47. The predicted octanol–water partition coefficient (Wildman–Crippen LogP) is 1.12. The van der Waals surface area contributed by atoms with Crippen LogP contribution in [0.1, 0.15) is 34.3 Å². The van der Waals surface area contributed by atoms with E-state index < -0.39 is 6.03 Å². The Kier molecular flexibility index (Phi) is 5.78. The molecule has 0 spiro atoms. The van der Waals surface area contributed by atoms with E-state index >= 15 is 0 Å². The topological polar surface area (TPSA) is 90.5 Å². The molecule has 1 aromatic rings. The fourth-order valence-electron chi connectivity index (χ4n) is 2.94. The molecule has 1 aliphatic rings. The van der Waals surface area contributed by atoms with Crippen LogP contribution in [0.5, 0.6) is 0 Å². The Morgan fingerprint density at radius 3 is 2.38 bits per heavy atom. The number of aryl methyl sites for hydroxylation is 2. The Morgan fingerprint density at radius 2 is 1.75 bits per heavy atom. The van der Waals surface area contributed by atoms with E-state index in [0.29, 0.717) is 25.1 Å². The average molecular weight is 332 g/mol. The summed E-state index contributed by atoms with van der Waals surface area (Å²) < 4.78 is 0. The first-order valence-corrected chi connectivity index (χ1v) is 8.06. The smallest absolute Gasteiger partial charge is 0.333 e. The van der Waals surface area contributed by atoms with Crippen LogP contribution in [0.3, 0.4) is 0 Å². The summed E-state index contributed by atoms with van der Waals surface area (Å²) in [5.41, 5.74) is 7.38. The van der Waals surface area contributed by atoms with Crippen LogP contribution in [0.15, 0.2) is 18.2 Å². The van der Waals surface area contributed by atoms with E-state index in [4.69, 9.17) is 0 Å². The highest BCUT2D eigenvalue weighted by molar-refractivity contribution is 5.95. The fraction of sp³-hybridized carbons (Fsp3) is 0.471. The number of carbonyl (C=O) groups is 3. The Hall–Kier alpha value is -2.57. The van der Waals surface area contributed by atoms with Crippen LogP contribution in [0.2, 0.25) is 0 Å². The van der Waals surface area contributed by atoms with Crippen LogP contribution < -0.4 is 16.2 Å². The lowest BCUT2D eigenvalue weighted by Gasteiger charge is -2.32. The van der Waals surface area contributed by atoms with Crippen molar-refractivity contribution in [3.63, 3.8) is 0 Å². The van der Waals surface area contributed by atoms with Gasteiger partial charge in [-0.1, -0.05) is 17.2 Å². The largest absolute Gasteiger partial charge is 0.340 e. The van der Waals surface area contributed by atoms with Crippen molar-refractivity contribution >= 4 is 17.8 Å². The van der Waals surface area contributed by atoms with Crippen molar-refractivity contribution in [3.05, 3.63) is 34.9 Å². The first-order chi connectivity index (χ1) is 11.4. The molecule has 7 nitrogen and oxygen atoms in total. The molecule has 0 radical (unpaired) electrons. The van der Waals surface area contributed by atoms with Crippen LogP contribution in [0, 0.1) is 19.8 Å². The number of piperidine rings is 1. The first kappa shape index (κ1) is 17.8. The van der Waals surface area contributed by atoms with Gasteiger partial charge in [-0.15, -0.1) is 0 Å². The Morgan fingerprint density at radius 1 is 1.08 bits per heavy atom. The highest BCUT2D eigenvalue weighted by atomic mass is 16.2. The van der Waals surface area contributed by atoms with Crippen LogP contribution in [-0.4, -0.2) is 42.9 Å². The SMILES string of the molecule is CNC(=O)NNC(=O)C1CCCN(C(=O)c2cc(C)cc(C)c2)C1. The molecule has 7 heteroatoms. The Balaban J connectivity index is 2.00. The minimum atomic E-state index is -0.484. The van der Waals surface area contributed by atoms with Gasteiger partial charge in [0.15, 0.2) is 0 Å². The fourth-order valence-corrected chi connectivity index (χ4v) is 2.94. The van der Waals surface area contributed by atoms with Crippen molar-refractivity contribution in [2.45, 2.75) is 26.7 Å². The summed E-state index contributed by atoms with van der Waals surface area (Å²) in [7, 11) is 1.46. The molecule has 0 saturated carbocycles. The van der Waals surface area contributed by atoms with E-state index in [1.54, 1.807) is 4.90 Å². The zero-order chi connectivity index (χ0) is 17.7. The van der Waals surface area contributed by atoms with Crippen LogP contribution in [0.4, 0.5) is 4.79 Å². The van der Waals surface area contributed by atoms with Gasteiger partial charge in [-0.2, -0.15) is 0 Å². The maximum Gasteiger partial charge on any atom is 0.333 e. The number of urea groups is 1. The molecule has 1 heterocycles. The second-order valence-corrected chi connectivity index (χ2v) is 6.16. The minimum Gasteiger partial charge on any atom is -0.340 e. The third-order valence-corrected chi connectivity index (χ3v) is 4.07. The van der Waals surface area contributed by atoms with E-state index in [0.717, 1.165) is 17.5 Å². The molecule has 24 heavy (non-hydrogen) atoms. The first-order valence-electron chi connectivity index (χ1n) is 8.06. The predicted molar refractivity (Wildman–Crippen MR) is 90.3 cm³/mol. The summed E-state index contributed by atoms with van der Waals surface area (Å²) in [5, 5.41) is 2.35. The molecule has 1 unspecified atom stereocenters. The van der Waals surface area contributed by atoms with E-state index in [2.05, 4.69) is 16.2 Å². The number of nitrogens with one attached hydrogen (secondary N) is 3. The molecular formula is C17H24N4O3. The molecule has 3 N–H and O–H groups in total. The molecule has 0 aliphatic carbocycles. The van der Waals surface area contributed by atoms with Gasteiger partial charge in [-0.05, 0) is 38.8 Å². The van der Waals surface area contributed by atoms with Crippen LogP contribution in [-0.2, 0) is 4.79 Å². The second kappa shape index (κ2) is 7.81. The Labute approximate surface area is 141 Å². The molecule has 1 saturated heterocycles. The molecule has 1 atom stereocenters. The van der Waals surface area contributed by atoms with Crippen molar-refractivity contribution in [1.29, 1.82) is 0 Å². The van der Waals surface area contributed by atoms with Gasteiger partial charge in [0.1, 0.15) is 0 Å². The van der Waals surface area contributed by atoms with Crippen molar-refractivity contribution < 1.29 is 14.4 Å². The Bertz CT molecular complexity index is 624. The van der Waals surface area contributed by atoms with Gasteiger partial charge in [0, 0.05) is 25.7 Å². The summed E-state index contributed by atoms with van der Waals surface area (Å²) in [4.78, 5) is 37.7. The number of hydrogen-bond acceptors (Lipinski definition) is 3. The zero-order valence-corrected chi connectivity index (χ0v) is 14.3. The number of hydrazine groups is 1. The number of likely N-dealkylation sites (tertiary alicyclic amines) is 1. The lowest BCUT2D eigenvalue weighted by Crippen LogP contribution is -2.51. The molecule has 0 aromatic heterocycles. The summed E-state index contributed by atoms with van der Waals surface area (Å²) in [6.45, 7) is 4.91. The van der Waals surface area contributed by atoms with Gasteiger partial charge in [0.2, 0.25) is 5.91 Å². The third-order valence-electron chi connectivity index (χ3n) is 4.07. The second-order valence-electron chi connectivity index (χ2n) is 6.16. The van der Waals surface area contributed by atoms with E-state index in [1.165, 1.54) is 7.05 Å². The van der Waals surface area contributed by atoms with E-state index in [9.17, 15) is 14.4 Å². The summed E-state index contributed by atoms with van der Waals surface area (Å²) in [6.07, 6.45) is 1.45. The molecule has 4 amide bonds. The molecule has 1 fully saturated rings. The number of benzene rings is 1. The summed E-state index contributed by atoms with van der Waals surface area (Å²) in [5.74, 6) is -0.666. The maximum absolute atomic E-state index is 12.7. The van der Waals surface area contributed by atoms with Crippen molar-refractivity contribution in [3.8, 4) is 0 Å². The summed E-state index contributed by atoms with van der Waals surface area (Å²) in [6, 6.07) is 5.27. The number of rotatable bonds is 2. The van der Waals surface area contributed by atoms with E-state index in [-0.39, 0.29) is 17.7 Å². The van der Waals surface area contributed by atoms with Gasteiger partial charge in [-0.3, -0.25) is 15.0 Å². The molecular weight excluding hydrogens is 308 g/mol. The van der Waals surface area contributed by atoms with E-state index in [1.807, 2.05) is 32.0 Å². The van der Waals surface area contributed by atoms with Gasteiger partial charge >= 0.3 is 6.03 Å². The molecule has 2 rings (SSSR count). The zero-order valence-electron chi connectivity index (χ0n) is 14.3. The van der Waals surface area contributed by atoms with Gasteiger partial charge in [0.25, 0.3) is 5.91 Å². The normalized spacial score (nSPS) is 17.1. The van der Waals surface area contributed by atoms with Gasteiger partial charge in [-0.25, -0.2) is 10.2 Å².